The van der Waals surface area contributed by atoms with Crippen molar-refractivity contribution < 1.29 is 18.3 Å². The second-order valence-electron chi connectivity index (χ2n) is 7.36. The van der Waals surface area contributed by atoms with Crippen molar-refractivity contribution in [3.05, 3.63) is 35.5 Å². The number of halogens is 1. The molecule has 0 amide bonds. The van der Waals surface area contributed by atoms with Crippen molar-refractivity contribution in [3.63, 3.8) is 0 Å². The van der Waals surface area contributed by atoms with Crippen molar-refractivity contribution >= 4 is 44.9 Å². The van der Waals surface area contributed by atoms with Gasteiger partial charge in [-0.2, -0.15) is 4.98 Å². The molecule has 1 atom stereocenters. The van der Waals surface area contributed by atoms with E-state index in [2.05, 4.69) is 20.6 Å². The van der Waals surface area contributed by atoms with Crippen LogP contribution >= 0.6 is 11.6 Å². The first kappa shape index (κ1) is 22.3. The van der Waals surface area contributed by atoms with E-state index in [9.17, 15) is 13.2 Å². The van der Waals surface area contributed by atoms with E-state index in [1.807, 2.05) is 4.90 Å². The van der Waals surface area contributed by atoms with Crippen LogP contribution in [0.4, 0.5) is 17.5 Å². The molecule has 1 fully saturated rings. The number of carboxylic acids is 1. The third-order valence-corrected chi connectivity index (χ3v) is 7.26. The van der Waals surface area contributed by atoms with Crippen molar-refractivity contribution in [3.8, 4) is 0 Å². The van der Waals surface area contributed by atoms with Crippen molar-refractivity contribution in [2.24, 2.45) is 0 Å². The van der Waals surface area contributed by atoms with E-state index in [0.717, 1.165) is 6.42 Å². The number of para-hydroxylation sites is 1. The number of nitrogens with zero attached hydrogens (tertiary/aromatic N) is 3. The van der Waals surface area contributed by atoms with Crippen LogP contribution < -0.4 is 10.6 Å². The smallest absolute Gasteiger partial charge is 0.317 e. The molecule has 0 saturated carbocycles. The monoisotopic (exact) mass is 453 g/mol. The number of rotatable bonds is 8. The Morgan fingerprint density at radius 2 is 2.10 bits per heavy atom. The van der Waals surface area contributed by atoms with Gasteiger partial charge in [0.15, 0.2) is 15.7 Å². The molecular weight excluding hydrogens is 430 g/mol. The molecule has 11 heteroatoms. The number of anilines is 3. The Kier molecular flexibility index (Phi) is 6.79. The lowest BCUT2D eigenvalue weighted by Gasteiger charge is -2.17. The van der Waals surface area contributed by atoms with Crippen molar-refractivity contribution in [1.82, 2.24) is 14.9 Å². The predicted octanol–water partition coefficient (Wildman–Crippen LogP) is 2.63. The van der Waals surface area contributed by atoms with Gasteiger partial charge in [0.2, 0.25) is 5.95 Å². The fraction of sp³-hybridized carbons (Fsp3) is 0.421. The van der Waals surface area contributed by atoms with Gasteiger partial charge >= 0.3 is 5.97 Å². The Bertz CT molecular complexity index is 1030. The van der Waals surface area contributed by atoms with Gasteiger partial charge in [0.25, 0.3) is 0 Å². The normalized spacial score (nSPS) is 17.3. The van der Waals surface area contributed by atoms with Gasteiger partial charge in [-0.25, -0.2) is 13.4 Å². The lowest BCUT2D eigenvalue weighted by atomic mass is 10.3. The predicted molar refractivity (Wildman–Crippen MR) is 115 cm³/mol. The molecule has 9 nitrogen and oxygen atoms in total. The summed E-state index contributed by atoms with van der Waals surface area (Å²) in [6.45, 7) is 4.48. The highest BCUT2D eigenvalue weighted by atomic mass is 35.5. The molecule has 1 aromatic heterocycles. The minimum Gasteiger partial charge on any atom is -0.480 e. The summed E-state index contributed by atoms with van der Waals surface area (Å²) in [5.41, 5.74) is 0.381. The third kappa shape index (κ3) is 5.18. The summed E-state index contributed by atoms with van der Waals surface area (Å²) < 4.78 is 25.3. The summed E-state index contributed by atoms with van der Waals surface area (Å²) in [5.74, 6) is -0.255. The van der Waals surface area contributed by atoms with Crippen LogP contribution in [0.25, 0.3) is 0 Å². The maximum atomic E-state index is 12.7. The number of carbonyl (C=O) groups is 1. The van der Waals surface area contributed by atoms with Crippen LogP contribution in [0.3, 0.4) is 0 Å². The summed E-state index contributed by atoms with van der Waals surface area (Å²) in [6, 6.07) is 6.60. The number of sulfone groups is 1. The van der Waals surface area contributed by atoms with Gasteiger partial charge in [-0.05, 0) is 32.4 Å². The maximum Gasteiger partial charge on any atom is 0.317 e. The minimum absolute atomic E-state index is 0.00638. The second-order valence-corrected chi connectivity index (χ2v) is 10.2. The van der Waals surface area contributed by atoms with Crippen LogP contribution in [0, 0.1) is 0 Å². The van der Waals surface area contributed by atoms with E-state index >= 15 is 0 Å². The fourth-order valence-corrected chi connectivity index (χ4v) is 4.53. The molecule has 1 aliphatic heterocycles. The zero-order valence-corrected chi connectivity index (χ0v) is 18.2. The average Bonchev–Trinajstić information content (AvgIpc) is 3.10. The van der Waals surface area contributed by atoms with Crippen LogP contribution in [0.1, 0.15) is 20.3 Å². The Balaban J connectivity index is 1.79. The van der Waals surface area contributed by atoms with Gasteiger partial charge in [0, 0.05) is 19.1 Å². The molecule has 0 bridgehead atoms. The number of nitrogens with one attached hydrogen (secondary N) is 2. The third-order valence-electron chi connectivity index (χ3n) is 4.78. The summed E-state index contributed by atoms with van der Waals surface area (Å²) in [7, 11) is -3.50. The molecule has 0 aliphatic carbocycles. The highest BCUT2D eigenvalue weighted by Gasteiger charge is 2.25. The first-order valence-electron chi connectivity index (χ1n) is 9.50. The van der Waals surface area contributed by atoms with Gasteiger partial charge in [-0.1, -0.05) is 23.7 Å². The van der Waals surface area contributed by atoms with Crippen molar-refractivity contribution in [2.75, 3.05) is 30.3 Å². The zero-order valence-electron chi connectivity index (χ0n) is 16.7. The number of benzene rings is 1. The van der Waals surface area contributed by atoms with Gasteiger partial charge in [-0.3, -0.25) is 9.69 Å². The lowest BCUT2D eigenvalue weighted by molar-refractivity contribution is -0.138. The molecule has 3 rings (SSSR count). The highest BCUT2D eigenvalue weighted by Crippen LogP contribution is 2.30. The molecule has 2 heterocycles. The largest absolute Gasteiger partial charge is 0.480 e. The van der Waals surface area contributed by atoms with Crippen LogP contribution in [-0.4, -0.2) is 65.3 Å². The van der Waals surface area contributed by atoms with E-state index in [4.69, 9.17) is 16.7 Å². The first-order valence-corrected chi connectivity index (χ1v) is 11.4. The Morgan fingerprint density at radius 1 is 1.37 bits per heavy atom. The van der Waals surface area contributed by atoms with Crippen LogP contribution in [0.2, 0.25) is 5.02 Å². The molecule has 30 heavy (non-hydrogen) atoms. The van der Waals surface area contributed by atoms with Crippen LogP contribution in [0.15, 0.2) is 35.4 Å². The topological polar surface area (TPSA) is 125 Å². The molecule has 1 aliphatic rings. The molecule has 3 N–H and O–H groups in total. The quantitative estimate of drug-likeness (QED) is 0.553. The van der Waals surface area contributed by atoms with Crippen molar-refractivity contribution in [1.29, 1.82) is 0 Å². The summed E-state index contributed by atoms with van der Waals surface area (Å²) in [6.07, 6.45) is 2.19. The van der Waals surface area contributed by atoms with E-state index in [1.165, 1.54) is 6.20 Å². The highest BCUT2D eigenvalue weighted by molar-refractivity contribution is 7.92. The zero-order chi connectivity index (χ0) is 21.9. The van der Waals surface area contributed by atoms with E-state index in [0.29, 0.717) is 24.7 Å². The van der Waals surface area contributed by atoms with E-state index in [-0.39, 0.29) is 28.3 Å². The minimum atomic E-state index is -3.50. The molecule has 0 unspecified atom stereocenters. The molecule has 162 valence electrons. The molecule has 1 saturated heterocycles. The van der Waals surface area contributed by atoms with Gasteiger partial charge < -0.3 is 15.7 Å². The van der Waals surface area contributed by atoms with Gasteiger partial charge in [0.1, 0.15) is 5.02 Å². The van der Waals surface area contributed by atoms with Gasteiger partial charge in [0.05, 0.1) is 28.6 Å². The molecule has 0 radical (unpaired) electrons. The van der Waals surface area contributed by atoms with E-state index in [1.54, 1.807) is 38.1 Å². The SMILES string of the molecule is CC(C)S(=O)(=O)c1ccccc1Nc1nc(N[C@@H]2CCN(CC(=O)O)C2)ncc1Cl. The second kappa shape index (κ2) is 9.15. The average molecular weight is 454 g/mol. The molecule has 2 aromatic rings. The number of aromatic nitrogens is 2. The number of carboxylic acid groups (broad SMARTS) is 1. The van der Waals surface area contributed by atoms with E-state index < -0.39 is 21.1 Å². The van der Waals surface area contributed by atoms with Crippen LogP contribution in [0.5, 0.6) is 0 Å². The maximum absolute atomic E-state index is 12.7. The number of hydrogen-bond donors (Lipinski definition) is 3. The van der Waals surface area contributed by atoms with Crippen molar-refractivity contribution in [2.45, 2.75) is 36.5 Å². The number of hydrogen-bond acceptors (Lipinski definition) is 8. The number of likely N-dealkylation sites (tertiary alicyclic amines) is 1. The molecule has 0 spiro atoms. The fourth-order valence-electron chi connectivity index (χ4n) is 3.19. The summed E-state index contributed by atoms with van der Waals surface area (Å²) in [5, 5.41) is 14.8. The lowest BCUT2D eigenvalue weighted by Crippen LogP contribution is -2.30. The van der Waals surface area contributed by atoms with Gasteiger partial charge in [-0.15, -0.1) is 0 Å². The number of aliphatic carboxylic acids is 1. The molecular formula is C19H24ClN5O4S. The molecule has 1 aromatic carbocycles. The Morgan fingerprint density at radius 3 is 2.80 bits per heavy atom. The first-order chi connectivity index (χ1) is 14.2. The van der Waals surface area contributed by atoms with Crippen LogP contribution in [-0.2, 0) is 14.6 Å². The standard InChI is InChI=1S/C19H24ClN5O4S/c1-12(2)30(28,29)16-6-4-3-5-15(16)23-18-14(20)9-21-19(24-18)22-13-7-8-25(10-13)11-17(26)27/h3-6,9,12-13H,7-8,10-11H2,1-2H3,(H,26,27)(H2,21,22,23,24)/t13-/m1/s1. The Hall–Kier alpha value is -2.43. The summed E-state index contributed by atoms with van der Waals surface area (Å²) in [4.78, 5) is 21.4. The summed E-state index contributed by atoms with van der Waals surface area (Å²) >= 11 is 6.23. The Labute approximate surface area is 180 Å².